The van der Waals surface area contributed by atoms with E-state index in [0.29, 0.717) is 0 Å². The summed E-state index contributed by atoms with van der Waals surface area (Å²) in [7, 11) is 0. The van der Waals surface area contributed by atoms with Gasteiger partial charge in [0, 0.05) is 5.54 Å². The molecule has 0 radical (unpaired) electrons. The zero-order valence-corrected chi connectivity index (χ0v) is 7.36. The average Bonchev–Trinajstić information content (AvgIpc) is 2.36. The summed E-state index contributed by atoms with van der Waals surface area (Å²) >= 11 is 1.76. The van der Waals surface area contributed by atoms with Gasteiger partial charge in [0.25, 0.3) is 0 Å². The van der Waals surface area contributed by atoms with Gasteiger partial charge >= 0.3 is 0 Å². The maximum Gasteiger partial charge on any atom is 0.0195 e. The first-order valence-electron chi connectivity index (χ1n) is 4.08. The van der Waals surface area contributed by atoms with Crippen LogP contribution in [-0.2, 0) is 6.42 Å². The van der Waals surface area contributed by atoms with Gasteiger partial charge in [0.05, 0.1) is 0 Å². The van der Waals surface area contributed by atoms with E-state index in [1.165, 1.54) is 24.8 Å². The first-order chi connectivity index (χ1) is 5.29. The molecule has 0 aromatic carbocycles. The van der Waals surface area contributed by atoms with Crippen LogP contribution in [0.2, 0.25) is 0 Å². The zero-order valence-electron chi connectivity index (χ0n) is 6.55. The number of thiophene rings is 1. The molecule has 0 unspecified atom stereocenters. The third-order valence-corrected chi connectivity index (χ3v) is 3.22. The van der Waals surface area contributed by atoms with Crippen molar-refractivity contribution in [1.29, 1.82) is 0 Å². The molecule has 1 heterocycles. The summed E-state index contributed by atoms with van der Waals surface area (Å²) in [5.41, 5.74) is 7.67. The Labute approximate surface area is 71.2 Å². The zero-order chi connectivity index (χ0) is 7.73. The van der Waals surface area contributed by atoms with Gasteiger partial charge in [0.15, 0.2) is 0 Å². The minimum atomic E-state index is 0.154. The average molecular weight is 167 g/mol. The Hall–Kier alpha value is -0.340. The molecule has 60 valence electrons. The van der Waals surface area contributed by atoms with Crippen molar-refractivity contribution in [3.05, 3.63) is 22.4 Å². The highest BCUT2D eigenvalue weighted by atomic mass is 32.1. The molecule has 1 saturated carbocycles. The molecule has 2 N–H and O–H groups in total. The lowest BCUT2D eigenvalue weighted by Gasteiger charge is -2.38. The third-order valence-electron chi connectivity index (χ3n) is 2.49. The molecule has 0 bridgehead atoms. The van der Waals surface area contributed by atoms with Crippen LogP contribution in [0.1, 0.15) is 24.8 Å². The summed E-state index contributed by atoms with van der Waals surface area (Å²) in [6.07, 6.45) is 4.82. The van der Waals surface area contributed by atoms with E-state index in [1.54, 1.807) is 11.3 Å². The monoisotopic (exact) mass is 167 g/mol. The second kappa shape index (κ2) is 2.61. The minimum Gasteiger partial charge on any atom is -0.325 e. The molecule has 1 aliphatic carbocycles. The van der Waals surface area contributed by atoms with Crippen molar-refractivity contribution in [3.8, 4) is 0 Å². The summed E-state index contributed by atoms with van der Waals surface area (Å²) in [4.78, 5) is 0. The minimum absolute atomic E-state index is 0.154. The van der Waals surface area contributed by atoms with Crippen molar-refractivity contribution in [2.75, 3.05) is 0 Å². The van der Waals surface area contributed by atoms with Crippen LogP contribution in [-0.4, -0.2) is 5.54 Å². The predicted octanol–water partition coefficient (Wildman–Crippen LogP) is 2.17. The quantitative estimate of drug-likeness (QED) is 0.717. The summed E-state index contributed by atoms with van der Waals surface area (Å²) in [5, 5.41) is 4.32. The summed E-state index contributed by atoms with van der Waals surface area (Å²) < 4.78 is 0. The van der Waals surface area contributed by atoms with Crippen molar-refractivity contribution in [1.82, 2.24) is 0 Å². The molecule has 2 heteroatoms. The molecule has 1 aliphatic rings. The molecule has 0 aliphatic heterocycles. The van der Waals surface area contributed by atoms with Crippen LogP contribution in [0, 0.1) is 0 Å². The SMILES string of the molecule is NC1(Cc2ccsc2)CCC1. The van der Waals surface area contributed by atoms with Gasteiger partial charge < -0.3 is 5.73 Å². The number of rotatable bonds is 2. The molecule has 2 rings (SSSR count). The van der Waals surface area contributed by atoms with Gasteiger partial charge in [-0.15, -0.1) is 0 Å². The Morgan fingerprint density at radius 1 is 1.55 bits per heavy atom. The molecule has 1 aromatic rings. The van der Waals surface area contributed by atoms with Crippen molar-refractivity contribution in [3.63, 3.8) is 0 Å². The van der Waals surface area contributed by atoms with Crippen molar-refractivity contribution in [2.24, 2.45) is 5.73 Å². The van der Waals surface area contributed by atoms with E-state index in [9.17, 15) is 0 Å². The molecule has 0 amide bonds. The van der Waals surface area contributed by atoms with E-state index in [2.05, 4.69) is 16.8 Å². The van der Waals surface area contributed by atoms with E-state index in [0.717, 1.165) is 6.42 Å². The lowest BCUT2D eigenvalue weighted by Crippen LogP contribution is -2.48. The highest BCUT2D eigenvalue weighted by Gasteiger charge is 2.32. The van der Waals surface area contributed by atoms with Gasteiger partial charge in [-0.05, 0) is 48.1 Å². The van der Waals surface area contributed by atoms with Gasteiger partial charge in [-0.25, -0.2) is 0 Å². The standard InChI is InChI=1S/C9H13NS/c10-9(3-1-4-9)6-8-2-5-11-7-8/h2,5,7H,1,3-4,6,10H2. The number of hydrogen-bond acceptors (Lipinski definition) is 2. The van der Waals surface area contributed by atoms with Crippen LogP contribution < -0.4 is 5.73 Å². The topological polar surface area (TPSA) is 26.0 Å². The van der Waals surface area contributed by atoms with Crippen LogP contribution in [0.25, 0.3) is 0 Å². The number of hydrogen-bond donors (Lipinski definition) is 1. The molecule has 0 spiro atoms. The van der Waals surface area contributed by atoms with E-state index in [1.807, 2.05) is 0 Å². The van der Waals surface area contributed by atoms with E-state index < -0.39 is 0 Å². The molecule has 0 atom stereocenters. The normalized spacial score (nSPS) is 21.2. The smallest absolute Gasteiger partial charge is 0.0195 e. The van der Waals surface area contributed by atoms with Gasteiger partial charge in [-0.2, -0.15) is 11.3 Å². The van der Waals surface area contributed by atoms with Gasteiger partial charge in [0.2, 0.25) is 0 Å². The highest BCUT2D eigenvalue weighted by molar-refractivity contribution is 7.07. The van der Waals surface area contributed by atoms with Gasteiger partial charge in [0.1, 0.15) is 0 Å². The van der Waals surface area contributed by atoms with Crippen LogP contribution in [0.4, 0.5) is 0 Å². The first kappa shape index (κ1) is 7.32. The number of nitrogens with two attached hydrogens (primary N) is 1. The van der Waals surface area contributed by atoms with Gasteiger partial charge in [-0.1, -0.05) is 0 Å². The van der Waals surface area contributed by atoms with Crippen molar-refractivity contribution >= 4 is 11.3 Å². The molecule has 1 nitrogen and oxygen atoms in total. The molecule has 11 heavy (non-hydrogen) atoms. The Balaban J connectivity index is 2.00. The van der Waals surface area contributed by atoms with Crippen LogP contribution in [0.5, 0.6) is 0 Å². The summed E-state index contributed by atoms with van der Waals surface area (Å²) in [5.74, 6) is 0. The third kappa shape index (κ3) is 1.47. The lowest BCUT2D eigenvalue weighted by atomic mass is 9.74. The molecular formula is C9H13NS. The Kier molecular flexibility index (Phi) is 1.74. The first-order valence-corrected chi connectivity index (χ1v) is 5.03. The second-order valence-electron chi connectivity index (χ2n) is 3.52. The van der Waals surface area contributed by atoms with E-state index in [4.69, 9.17) is 5.73 Å². The molecular weight excluding hydrogens is 154 g/mol. The van der Waals surface area contributed by atoms with E-state index >= 15 is 0 Å². The largest absolute Gasteiger partial charge is 0.325 e. The maximum atomic E-state index is 6.10. The van der Waals surface area contributed by atoms with Crippen LogP contribution in [0.15, 0.2) is 16.8 Å². The fourth-order valence-electron chi connectivity index (χ4n) is 1.61. The molecule has 0 saturated heterocycles. The Morgan fingerprint density at radius 3 is 2.82 bits per heavy atom. The van der Waals surface area contributed by atoms with Gasteiger partial charge in [-0.3, -0.25) is 0 Å². The Bertz CT molecular complexity index is 224. The summed E-state index contributed by atoms with van der Waals surface area (Å²) in [6, 6.07) is 2.18. The molecule has 1 aromatic heterocycles. The second-order valence-corrected chi connectivity index (χ2v) is 4.30. The van der Waals surface area contributed by atoms with Crippen molar-refractivity contribution < 1.29 is 0 Å². The summed E-state index contributed by atoms with van der Waals surface area (Å²) in [6.45, 7) is 0. The molecule has 1 fully saturated rings. The van der Waals surface area contributed by atoms with Crippen molar-refractivity contribution in [2.45, 2.75) is 31.2 Å². The maximum absolute atomic E-state index is 6.10. The van der Waals surface area contributed by atoms with Crippen LogP contribution >= 0.6 is 11.3 Å². The van der Waals surface area contributed by atoms with Crippen LogP contribution in [0.3, 0.4) is 0 Å². The van der Waals surface area contributed by atoms with E-state index in [-0.39, 0.29) is 5.54 Å². The fraction of sp³-hybridized carbons (Fsp3) is 0.556. The Morgan fingerprint density at radius 2 is 2.36 bits per heavy atom. The lowest BCUT2D eigenvalue weighted by molar-refractivity contribution is 0.247. The fourth-order valence-corrected chi connectivity index (χ4v) is 2.28. The predicted molar refractivity (Wildman–Crippen MR) is 48.8 cm³/mol. The highest BCUT2D eigenvalue weighted by Crippen LogP contribution is 2.32.